The van der Waals surface area contributed by atoms with Crippen molar-refractivity contribution in [1.29, 1.82) is 0 Å². The Balaban J connectivity index is 2.03. The number of nitrogens with zero attached hydrogens (tertiary/aromatic N) is 1. The van der Waals surface area contributed by atoms with E-state index in [2.05, 4.69) is 49.4 Å². The molecule has 1 aromatic rings. The van der Waals surface area contributed by atoms with E-state index in [4.69, 9.17) is 4.74 Å². The molecule has 1 aromatic carbocycles. The van der Waals surface area contributed by atoms with Crippen LogP contribution in [0.4, 0.5) is 5.69 Å². The second-order valence-corrected chi connectivity index (χ2v) is 6.32. The Morgan fingerprint density at radius 2 is 2.14 bits per heavy atom. The molecule has 0 aliphatic heterocycles. The van der Waals surface area contributed by atoms with E-state index < -0.39 is 0 Å². The van der Waals surface area contributed by atoms with Crippen molar-refractivity contribution in [3.05, 3.63) is 24.3 Å². The number of ether oxygens (including phenoxy) is 1. The summed E-state index contributed by atoms with van der Waals surface area (Å²) in [4.78, 5) is 2.37. The maximum Gasteiger partial charge on any atom is 0.120 e. The van der Waals surface area contributed by atoms with Gasteiger partial charge in [0.05, 0.1) is 7.11 Å². The van der Waals surface area contributed by atoms with Gasteiger partial charge >= 0.3 is 0 Å². The van der Waals surface area contributed by atoms with Gasteiger partial charge < -0.3 is 15.0 Å². The Bertz CT molecular complexity index is 435. The zero-order chi connectivity index (χ0) is 15.2. The van der Waals surface area contributed by atoms with E-state index in [1.54, 1.807) is 7.11 Å². The van der Waals surface area contributed by atoms with Crippen molar-refractivity contribution in [1.82, 2.24) is 5.32 Å². The van der Waals surface area contributed by atoms with E-state index in [0.29, 0.717) is 6.04 Å². The predicted octanol–water partition coefficient (Wildman–Crippen LogP) is 3.55. The summed E-state index contributed by atoms with van der Waals surface area (Å²) < 4.78 is 5.33. The number of anilines is 1. The van der Waals surface area contributed by atoms with Crippen LogP contribution in [0.3, 0.4) is 0 Å². The first-order valence-electron chi connectivity index (χ1n) is 8.20. The molecule has 2 rings (SSSR count). The second-order valence-electron chi connectivity index (χ2n) is 6.32. The summed E-state index contributed by atoms with van der Waals surface area (Å²) in [6.07, 6.45) is 5.35. The van der Waals surface area contributed by atoms with Crippen molar-refractivity contribution in [3.8, 4) is 5.75 Å². The van der Waals surface area contributed by atoms with Gasteiger partial charge in [-0.1, -0.05) is 19.4 Å². The Kier molecular flexibility index (Phi) is 5.92. The summed E-state index contributed by atoms with van der Waals surface area (Å²) in [5, 5.41) is 3.53. The average molecular weight is 290 g/mol. The largest absolute Gasteiger partial charge is 0.497 e. The van der Waals surface area contributed by atoms with Crippen LogP contribution >= 0.6 is 0 Å². The SMILES string of the molecule is CCC1CCC(NC)C(CN(C)c2cccc(OC)c2)C1. The number of hydrogen-bond donors (Lipinski definition) is 1. The van der Waals surface area contributed by atoms with Gasteiger partial charge in [-0.3, -0.25) is 0 Å². The molecule has 0 spiro atoms. The average Bonchev–Trinajstić information content (AvgIpc) is 2.54. The highest BCUT2D eigenvalue weighted by molar-refractivity contribution is 5.50. The molecule has 0 heterocycles. The summed E-state index contributed by atoms with van der Waals surface area (Å²) in [5.74, 6) is 2.56. The second kappa shape index (κ2) is 7.69. The maximum absolute atomic E-state index is 5.33. The van der Waals surface area contributed by atoms with Crippen molar-refractivity contribution in [3.63, 3.8) is 0 Å². The molecule has 118 valence electrons. The molecule has 3 atom stereocenters. The maximum atomic E-state index is 5.33. The Labute approximate surface area is 129 Å². The van der Waals surface area contributed by atoms with E-state index in [1.807, 2.05) is 6.07 Å². The summed E-state index contributed by atoms with van der Waals surface area (Å²) >= 11 is 0. The van der Waals surface area contributed by atoms with Crippen LogP contribution in [-0.4, -0.2) is 33.8 Å². The van der Waals surface area contributed by atoms with Gasteiger partial charge in [-0.15, -0.1) is 0 Å². The summed E-state index contributed by atoms with van der Waals surface area (Å²) in [7, 11) is 6.02. The van der Waals surface area contributed by atoms with Crippen LogP contribution in [0.2, 0.25) is 0 Å². The predicted molar refractivity (Wildman–Crippen MR) is 90.2 cm³/mol. The van der Waals surface area contributed by atoms with E-state index >= 15 is 0 Å². The third-order valence-electron chi connectivity index (χ3n) is 5.04. The smallest absolute Gasteiger partial charge is 0.120 e. The van der Waals surface area contributed by atoms with Crippen molar-refractivity contribution in [2.24, 2.45) is 11.8 Å². The van der Waals surface area contributed by atoms with Gasteiger partial charge in [-0.05, 0) is 50.3 Å². The van der Waals surface area contributed by atoms with Crippen LogP contribution in [0.5, 0.6) is 5.75 Å². The van der Waals surface area contributed by atoms with E-state index in [0.717, 1.165) is 24.1 Å². The fourth-order valence-electron chi connectivity index (χ4n) is 3.62. The molecule has 0 aromatic heterocycles. The molecular weight excluding hydrogens is 260 g/mol. The molecule has 1 aliphatic rings. The van der Waals surface area contributed by atoms with Gasteiger partial charge in [-0.2, -0.15) is 0 Å². The highest BCUT2D eigenvalue weighted by atomic mass is 16.5. The molecule has 1 aliphatic carbocycles. The topological polar surface area (TPSA) is 24.5 Å². The first kappa shape index (κ1) is 16.2. The fourth-order valence-corrected chi connectivity index (χ4v) is 3.62. The number of rotatable bonds is 6. The van der Waals surface area contributed by atoms with Gasteiger partial charge in [0.25, 0.3) is 0 Å². The van der Waals surface area contributed by atoms with Gasteiger partial charge in [0, 0.05) is 31.4 Å². The zero-order valence-electron chi connectivity index (χ0n) is 13.9. The lowest BCUT2D eigenvalue weighted by Gasteiger charge is -2.38. The van der Waals surface area contributed by atoms with Gasteiger partial charge in [0.1, 0.15) is 5.75 Å². The Morgan fingerprint density at radius 1 is 1.33 bits per heavy atom. The van der Waals surface area contributed by atoms with E-state index in [9.17, 15) is 0 Å². The van der Waals surface area contributed by atoms with Crippen molar-refractivity contribution >= 4 is 5.69 Å². The minimum Gasteiger partial charge on any atom is -0.497 e. The molecule has 0 bridgehead atoms. The van der Waals surface area contributed by atoms with Crippen molar-refractivity contribution in [2.45, 2.75) is 38.6 Å². The normalized spacial score (nSPS) is 25.6. The van der Waals surface area contributed by atoms with Crippen LogP contribution in [-0.2, 0) is 0 Å². The minimum absolute atomic E-state index is 0.654. The summed E-state index contributed by atoms with van der Waals surface area (Å²) in [6.45, 7) is 3.43. The third-order valence-corrected chi connectivity index (χ3v) is 5.04. The first-order chi connectivity index (χ1) is 10.2. The van der Waals surface area contributed by atoms with Gasteiger partial charge in [0.2, 0.25) is 0 Å². The van der Waals surface area contributed by atoms with Gasteiger partial charge in [0.15, 0.2) is 0 Å². The zero-order valence-corrected chi connectivity index (χ0v) is 13.9. The number of methoxy groups -OCH3 is 1. The monoisotopic (exact) mass is 290 g/mol. The lowest BCUT2D eigenvalue weighted by molar-refractivity contribution is 0.210. The van der Waals surface area contributed by atoms with Crippen molar-refractivity contribution < 1.29 is 4.74 Å². The lowest BCUT2D eigenvalue weighted by Crippen LogP contribution is -2.43. The highest BCUT2D eigenvalue weighted by Crippen LogP contribution is 2.32. The quantitative estimate of drug-likeness (QED) is 0.867. The molecule has 1 N–H and O–H groups in total. The molecule has 21 heavy (non-hydrogen) atoms. The van der Waals surface area contributed by atoms with Crippen LogP contribution in [0.1, 0.15) is 32.6 Å². The Hall–Kier alpha value is -1.22. The summed E-state index contributed by atoms with van der Waals surface area (Å²) in [6, 6.07) is 9.00. The molecule has 3 unspecified atom stereocenters. The van der Waals surface area contributed by atoms with Crippen LogP contribution in [0.25, 0.3) is 0 Å². The molecule has 3 heteroatoms. The number of hydrogen-bond acceptors (Lipinski definition) is 3. The molecular formula is C18H30N2O. The fraction of sp³-hybridized carbons (Fsp3) is 0.667. The minimum atomic E-state index is 0.654. The molecule has 1 fully saturated rings. The third kappa shape index (κ3) is 4.13. The molecule has 0 saturated heterocycles. The van der Waals surface area contributed by atoms with Crippen LogP contribution in [0.15, 0.2) is 24.3 Å². The standard InChI is InChI=1S/C18H30N2O/c1-5-14-9-10-18(19-2)15(11-14)13-20(3)16-7-6-8-17(12-16)21-4/h6-8,12,14-15,18-19H,5,9-11,13H2,1-4H3. The van der Waals surface area contributed by atoms with Crippen LogP contribution in [0, 0.1) is 11.8 Å². The van der Waals surface area contributed by atoms with Crippen molar-refractivity contribution in [2.75, 3.05) is 32.6 Å². The highest BCUT2D eigenvalue weighted by Gasteiger charge is 2.29. The van der Waals surface area contributed by atoms with E-state index in [-0.39, 0.29) is 0 Å². The van der Waals surface area contributed by atoms with E-state index in [1.165, 1.54) is 31.4 Å². The first-order valence-corrected chi connectivity index (χ1v) is 8.20. The molecule has 0 radical (unpaired) electrons. The lowest BCUT2D eigenvalue weighted by atomic mass is 9.76. The molecule has 3 nitrogen and oxygen atoms in total. The Morgan fingerprint density at radius 3 is 2.81 bits per heavy atom. The molecule has 0 amide bonds. The number of nitrogens with one attached hydrogen (secondary N) is 1. The molecule has 1 saturated carbocycles. The summed E-state index contributed by atoms with van der Waals surface area (Å²) in [5.41, 5.74) is 1.24. The van der Waals surface area contributed by atoms with Gasteiger partial charge in [-0.25, -0.2) is 0 Å². The van der Waals surface area contributed by atoms with Crippen LogP contribution < -0.4 is 15.0 Å². The number of benzene rings is 1.